The summed E-state index contributed by atoms with van der Waals surface area (Å²) in [5.74, 6) is -0.671. The minimum Gasteiger partial charge on any atom is -0.364 e. The van der Waals surface area contributed by atoms with Crippen molar-refractivity contribution in [3.8, 4) is 5.00 Å². The molecule has 6 nitrogen and oxygen atoms in total. The lowest BCUT2D eigenvalue weighted by molar-refractivity contribution is 0.0994. The van der Waals surface area contributed by atoms with Gasteiger partial charge >= 0.3 is 0 Å². The predicted octanol–water partition coefficient (Wildman–Crippen LogP) is 0.0963. The number of carbonyl (C=O) groups is 1. The molecule has 0 aliphatic heterocycles. The lowest BCUT2D eigenvalue weighted by Gasteiger charge is -2.00. The highest BCUT2D eigenvalue weighted by Gasteiger charge is 2.08. The second kappa shape index (κ2) is 3.86. The topological polar surface area (TPSA) is 90.9 Å². The Morgan fingerprint density at radius 3 is 2.81 bits per heavy atom. The van der Waals surface area contributed by atoms with Gasteiger partial charge in [-0.05, 0) is 13.0 Å². The molecule has 0 atom stereocenters. The van der Waals surface area contributed by atoms with Crippen molar-refractivity contribution in [1.82, 2.24) is 14.8 Å². The van der Waals surface area contributed by atoms with Crippen LogP contribution in [0.4, 0.5) is 0 Å². The summed E-state index contributed by atoms with van der Waals surface area (Å²) in [6.45, 7) is 1.82. The standard InChI is InChI=1S/C9H8N4O2S/c1-5-11-4-8(16-5)13-7(14)3-2-6(12-13)9(10)15/h2-4H,1H3,(H2,10,15). The first-order chi connectivity index (χ1) is 7.58. The molecule has 0 aliphatic rings. The highest BCUT2D eigenvalue weighted by Crippen LogP contribution is 2.13. The van der Waals surface area contributed by atoms with Gasteiger partial charge in [-0.1, -0.05) is 11.3 Å². The fourth-order valence-corrected chi connectivity index (χ4v) is 1.88. The van der Waals surface area contributed by atoms with E-state index in [4.69, 9.17) is 5.73 Å². The summed E-state index contributed by atoms with van der Waals surface area (Å²) in [6, 6.07) is 2.55. The molecule has 16 heavy (non-hydrogen) atoms. The van der Waals surface area contributed by atoms with Gasteiger partial charge in [0.25, 0.3) is 11.5 Å². The summed E-state index contributed by atoms with van der Waals surface area (Å²) in [5, 5.41) is 5.23. The zero-order valence-corrected chi connectivity index (χ0v) is 9.19. The SMILES string of the molecule is Cc1ncc(-n2nc(C(N)=O)ccc2=O)s1. The number of amides is 1. The third-order valence-corrected chi connectivity index (χ3v) is 2.76. The molecule has 0 spiro atoms. The first-order valence-electron chi connectivity index (χ1n) is 4.41. The van der Waals surface area contributed by atoms with Gasteiger partial charge in [0.2, 0.25) is 0 Å². The van der Waals surface area contributed by atoms with E-state index in [1.165, 1.54) is 29.7 Å². The Labute approximate surface area is 94.4 Å². The van der Waals surface area contributed by atoms with E-state index in [2.05, 4.69) is 10.1 Å². The molecule has 0 saturated heterocycles. The molecule has 2 heterocycles. The van der Waals surface area contributed by atoms with E-state index in [0.29, 0.717) is 5.00 Å². The van der Waals surface area contributed by atoms with E-state index < -0.39 is 5.91 Å². The van der Waals surface area contributed by atoms with Gasteiger partial charge in [-0.15, -0.1) is 0 Å². The van der Waals surface area contributed by atoms with Crippen LogP contribution in [0.1, 0.15) is 15.5 Å². The van der Waals surface area contributed by atoms with Crippen LogP contribution >= 0.6 is 11.3 Å². The van der Waals surface area contributed by atoms with Crippen molar-refractivity contribution in [2.75, 3.05) is 0 Å². The number of nitrogens with zero attached hydrogens (tertiary/aromatic N) is 3. The van der Waals surface area contributed by atoms with Crippen molar-refractivity contribution in [1.29, 1.82) is 0 Å². The maximum atomic E-state index is 11.5. The summed E-state index contributed by atoms with van der Waals surface area (Å²) in [7, 11) is 0. The van der Waals surface area contributed by atoms with Crippen LogP contribution in [-0.4, -0.2) is 20.7 Å². The van der Waals surface area contributed by atoms with E-state index in [1.807, 2.05) is 6.92 Å². The quantitative estimate of drug-likeness (QED) is 0.800. The van der Waals surface area contributed by atoms with Gasteiger partial charge in [-0.2, -0.15) is 9.78 Å². The van der Waals surface area contributed by atoms with Crippen molar-refractivity contribution in [3.63, 3.8) is 0 Å². The average Bonchev–Trinajstić information content (AvgIpc) is 2.65. The molecule has 0 fully saturated rings. The fraction of sp³-hybridized carbons (Fsp3) is 0.111. The predicted molar refractivity (Wildman–Crippen MR) is 58.8 cm³/mol. The van der Waals surface area contributed by atoms with Crippen molar-refractivity contribution >= 4 is 17.2 Å². The zero-order valence-electron chi connectivity index (χ0n) is 8.38. The number of thiazole rings is 1. The van der Waals surface area contributed by atoms with Crippen molar-refractivity contribution in [2.45, 2.75) is 6.92 Å². The Balaban J connectivity index is 2.60. The molecule has 2 N–H and O–H groups in total. The number of rotatable bonds is 2. The van der Waals surface area contributed by atoms with E-state index in [1.54, 1.807) is 0 Å². The Morgan fingerprint density at radius 2 is 2.25 bits per heavy atom. The lowest BCUT2D eigenvalue weighted by Crippen LogP contribution is -2.24. The van der Waals surface area contributed by atoms with Gasteiger partial charge in [0.1, 0.15) is 10.7 Å². The molecule has 1 amide bonds. The minimum atomic E-state index is -0.671. The second-order valence-electron chi connectivity index (χ2n) is 3.05. The second-order valence-corrected chi connectivity index (χ2v) is 4.26. The van der Waals surface area contributed by atoms with E-state index in [9.17, 15) is 9.59 Å². The number of carbonyl (C=O) groups excluding carboxylic acids is 1. The third-order valence-electron chi connectivity index (χ3n) is 1.87. The number of nitrogens with two attached hydrogens (primary N) is 1. The van der Waals surface area contributed by atoms with E-state index >= 15 is 0 Å². The molecule has 0 aromatic carbocycles. The maximum Gasteiger partial charge on any atom is 0.272 e. The van der Waals surface area contributed by atoms with Crippen molar-refractivity contribution in [3.05, 3.63) is 39.4 Å². The molecule has 0 radical (unpaired) electrons. The Morgan fingerprint density at radius 1 is 1.50 bits per heavy atom. The molecule has 0 unspecified atom stereocenters. The Kier molecular flexibility index (Phi) is 2.53. The van der Waals surface area contributed by atoms with Gasteiger partial charge in [-0.3, -0.25) is 9.59 Å². The molecular formula is C9H8N4O2S. The van der Waals surface area contributed by atoms with Crippen LogP contribution in [0.2, 0.25) is 0 Å². The van der Waals surface area contributed by atoms with Gasteiger partial charge in [0, 0.05) is 6.07 Å². The Bertz CT molecular complexity index is 602. The molecule has 7 heteroatoms. The maximum absolute atomic E-state index is 11.5. The highest BCUT2D eigenvalue weighted by atomic mass is 32.1. The number of hydrogen-bond acceptors (Lipinski definition) is 5. The van der Waals surface area contributed by atoms with Gasteiger partial charge in [-0.25, -0.2) is 4.98 Å². The highest BCUT2D eigenvalue weighted by molar-refractivity contribution is 7.14. The van der Waals surface area contributed by atoms with Crippen molar-refractivity contribution in [2.24, 2.45) is 5.73 Å². The molecule has 0 aliphatic carbocycles. The van der Waals surface area contributed by atoms with Crippen LogP contribution in [0.5, 0.6) is 0 Å². The summed E-state index contributed by atoms with van der Waals surface area (Å²) < 4.78 is 1.12. The van der Waals surface area contributed by atoms with Gasteiger partial charge in [0.05, 0.1) is 11.2 Å². The van der Waals surface area contributed by atoms with Crippen LogP contribution in [-0.2, 0) is 0 Å². The molecule has 82 valence electrons. The normalized spacial score (nSPS) is 10.3. The summed E-state index contributed by atoms with van der Waals surface area (Å²) in [5.41, 5.74) is 4.81. The molecular weight excluding hydrogens is 228 g/mol. The van der Waals surface area contributed by atoms with Crippen LogP contribution in [0.25, 0.3) is 5.00 Å². The van der Waals surface area contributed by atoms with Gasteiger partial charge in [0.15, 0.2) is 0 Å². The largest absolute Gasteiger partial charge is 0.364 e. The van der Waals surface area contributed by atoms with E-state index in [-0.39, 0.29) is 11.3 Å². The number of aryl methyl sites for hydroxylation is 1. The number of hydrogen-bond donors (Lipinski definition) is 1. The number of aromatic nitrogens is 3. The Hall–Kier alpha value is -2.02. The monoisotopic (exact) mass is 236 g/mol. The van der Waals surface area contributed by atoms with Gasteiger partial charge < -0.3 is 5.73 Å². The summed E-state index contributed by atoms with van der Waals surface area (Å²) >= 11 is 1.31. The van der Waals surface area contributed by atoms with Crippen LogP contribution in [0, 0.1) is 6.92 Å². The van der Waals surface area contributed by atoms with E-state index in [0.717, 1.165) is 9.69 Å². The molecule has 2 rings (SSSR count). The average molecular weight is 236 g/mol. The first kappa shape index (κ1) is 10.5. The molecule has 2 aromatic rings. The van der Waals surface area contributed by atoms with Crippen LogP contribution in [0.15, 0.2) is 23.1 Å². The molecule has 0 bridgehead atoms. The smallest absolute Gasteiger partial charge is 0.272 e. The fourth-order valence-electron chi connectivity index (χ4n) is 1.15. The third kappa shape index (κ3) is 1.84. The number of primary amides is 1. The van der Waals surface area contributed by atoms with Crippen molar-refractivity contribution < 1.29 is 4.79 Å². The van der Waals surface area contributed by atoms with Crippen LogP contribution in [0.3, 0.4) is 0 Å². The summed E-state index contributed by atoms with van der Waals surface area (Å²) in [6.07, 6.45) is 1.53. The van der Waals surface area contributed by atoms with Crippen LogP contribution < -0.4 is 11.3 Å². The summed E-state index contributed by atoms with van der Waals surface area (Å²) in [4.78, 5) is 26.5. The minimum absolute atomic E-state index is 0.0469. The lowest BCUT2D eigenvalue weighted by atomic mass is 10.4. The first-order valence-corrected chi connectivity index (χ1v) is 5.22. The zero-order chi connectivity index (χ0) is 11.7. The molecule has 0 saturated carbocycles. The molecule has 2 aromatic heterocycles.